The first kappa shape index (κ1) is 12.0. The first-order chi connectivity index (χ1) is 8.16. The number of hydrogen-bond acceptors (Lipinski definition) is 4. The fourth-order valence-electron chi connectivity index (χ4n) is 1.88. The molecule has 1 atom stereocenters. The minimum absolute atomic E-state index is 0.220. The number of nitrogens with zero attached hydrogens (tertiary/aromatic N) is 1. The molecule has 0 spiro atoms. The Kier molecular flexibility index (Phi) is 3.74. The van der Waals surface area contributed by atoms with Crippen LogP contribution in [0.4, 0.5) is 11.4 Å². The van der Waals surface area contributed by atoms with Gasteiger partial charge in [-0.2, -0.15) is 0 Å². The number of benzene rings is 1. The smallest absolute Gasteiger partial charge is 0.144 e. The van der Waals surface area contributed by atoms with Crippen molar-refractivity contribution in [3.63, 3.8) is 0 Å². The summed E-state index contributed by atoms with van der Waals surface area (Å²) in [6.07, 6.45) is 2.42. The van der Waals surface area contributed by atoms with Gasteiger partial charge in [0, 0.05) is 32.5 Å². The van der Waals surface area contributed by atoms with Gasteiger partial charge in [0.1, 0.15) is 12.4 Å². The maximum atomic E-state index is 5.89. The minimum atomic E-state index is 0.220. The van der Waals surface area contributed by atoms with Gasteiger partial charge in [-0.05, 0) is 25.0 Å². The lowest BCUT2D eigenvalue weighted by Gasteiger charge is -2.17. The van der Waals surface area contributed by atoms with Crippen molar-refractivity contribution >= 4 is 11.4 Å². The van der Waals surface area contributed by atoms with E-state index in [1.54, 1.807) is 0 Å². The molecule has 1 fully saturated rings. The Morgan fingerprint density at radius 2 is 2.29 bits per heavy atom. The van der Waals surface area contributed by atoms with Crippen molar-refractivity contribution in [3.8, 4) is 5.75 Å². The lowest BCUT2D eigenvalue weighted by Crippen LogP contribution is -2.17. The van der Waals surface area contributed by atoms with E-state index in [-0.39, 0.29) is 6.10 Å². The molecule has 94 valence electrons. The number of anilines is 2. The standard InChI is InChI=1S/C13H20N2O2/c1-15(2)10-5-6-12(14)13(8-10)17-9-11-4-3-7-16-11/h5-6,8,11H,3-4,7,9,14H2,1-2H3. The molecule has 17 heavy (non-hydrogen) atoms. The molecule has 2 N–H and O–H groups in total. The zero-order valence-corrected chi connectivity index (χ0v) is 10.5. The van der Waals surface area contributed by atoms with E-state index in [1.165, 1.54) is 0 Å². The first-order valence-corrected chi connectivity index (χ1v) is 5.98. The van der Waals surface area contributed by atoms with Gasteiger partial charge in [0.25, 0.3) is 0 Å². The fourth-order valence-corrected chi connectivity index (χ4v) is 1.88. The van der Waals surface area contributed by atoms with Crippen LogP contribution in [0.15, 0.2) is 18.2 Å². The van der Waals surface area contributed by atoms with Crippen LogP contribution in [0, 0.1) is 0 Å². The number of ether oxygens (including phenoxy) is 2. The molecule has 0 aromatic heterocycles. The summed E-state index contributed by atoms with van der Waals surface area (Å²) in [5.41, 5.74) is 7.65. The Hall–Kier alpha value is -1.42. The summed E-state index contributed by atoms with van der Waals surface area (Å²) in [5.74, 6) is 0.742. The van der Waals surface area contributed by atoms with Crippen LogP contribution in [0.1, 0.15) is 12.8 Å². The van der Waals surface area contributed by atoms with Crippen molar-refractivity contribution in [1.29, 1.82) is 0 Å². The van der Waals surface area contributed by atoms with E-state index in [0.717, 1.165) is 30.9 Å². The van der Waals surface area contributed by atoms with Crippen LogP contribution < -0.4 is 15.4 Å². The fraction of sp³-hybridized carbons (Fsp3) is 0.538. The van der Waals surface area contributed by atoms with Crippen LogP contribution in [0.5, 0.6) is 5.75 Å². The SMILES string of the molecule is CN(C)c1ccc(N)c(OCC2CCCO2)c1. The third-order valence-electron chi connectivity index (χ3n) is 2.96. The van der Waals surface area contributed by atoms with Gasteiger partial charge < -0.3 is 20.1 Å². The second kappa shape index (κ2) is 5.27. The third-order valence-corrected chi connectivity index (χ3v) is 2.96. The molecule has 4 heteroatoms. The molecule has 0 saturated carbocycles. The lowest BCUT2D eigenvalue weighted by molar-refractivity contribution is 0.0682. The molecular weight excluding hydrogens is 216 g/mol. The molecule has 0 amide bonds. The van der Waals surface area contributed by atoms with E-state index >= 15 is 0 Å². The highest BCUT2D eigenvalue weighted by molar-refractivity contribution is 5.61. The molecular formula is C13H20N2O2. The van der Waals surface area contributed by atoms with Gasteiger partial charge >= 0.3 is 0 Å². The molecule has 1 saturated heterocycles. The van der Waals surface area contributed by atoms with Crippen molar-refractivity contribution in [3.05, 3.63) is 18.2 Å². The van der Waals surface area contributed by atoms with Gasteiger partial charge in [-0.3, -0.25) is 0 Å². The Bertz CT molecular complexity index is 374. The molecule has 4 nitrogen and oxygen atoms in total. The van der Waals surface area contributed by atoms with E-state index in [2.05, 4.69) is 0 Å². The van der Waals surface area contributed by atoms with Gasteiger partial charge in [0.2, 0.25) is 0 Å². The zero-order chi connectivity index (χ0) is 12.3. The summed E-state index contributed by atoms with van der Waals surface area (Å²) in [6.45, 7) is 1.43. The Morgan fingerprint density at radius 1 is 1.47 bits per heavy atom. The summed E-state index contributed by atoms with van der Waals surface area (Å²) >= 11 is 0. The van der Waals surface area contributed by atoms with Crippen molar-refractivity contribution < 1.29 is 9.47 Å². The van der Waals surface area contributed by atoms with Gasteiger partial charge in [-0.15, -0.1) is 0 Å². The molecule has 1 aliphatic heterocycles. The van der Waals surface area contributed by atoms with Gasteiger partial charge in [0.05, 0.1) is 11.8 Å². The highest BCUT2D eigenvalue weighted by atomic mass is 16.5. The topological polar surface area (TPSA) is 47.7 Å². The van der Waals surface area contributed by atoms with Gasteiger partial charge in [-0.1, -0.05) is 0 Å². The molecule has 1 unspecified atom stereocenters. The van der Waals surface area contributed by atoms with E-state index in [4.69, 9.17) is 15.2 Å². The second-order valence-electron chi connectivity index (χ2n) is 4.56. The van der Waals surface area contributed by atoms with E-state index in [0.29, 0.717) is 12.3 Å². The third kappa shape index (κ3) is 3.03. The Balaban J connectivity index is 2.00. The average Bonchev–Trinajstić information content (AvgIpc) is 2.80. The largest absolute Gasteiger partial charge is 0.489 e. The summed E-state index contributed by atoms with van der Waals surface area (Å²) in [4.78, 5) is 2.03. The summed E-state index contributed by atoms with van der Waals surface area (Å²) < 4.78 is 11.3. The quantitative estimate of drug-likeness (QED) is 0.811. The number of nitrogen functional groups attached to an aromatic ring is 1. The van der Waals surface area contributed by atoms with Gasteiger partial charge in [-0.25, -0.2) is 0 Å². The summed E-state index contributed by atoms with van der Waals surface area (Å²) in [7, 11) is 3.99. The number of rotatable bonds is 4. The number of nitrogens with two attached hydrogens (primary N) is 1. The van der Waals surface area contributed by atoms with Crippen molar-refractivity contribution in [1.82, 2.24) is 0 Å². The van der Waals surface area contributed by atoms with Crippen LogP contribution in [-0.4, -0.2) is 33.4 Å². The lowest BCUT2D eigenvalue weighted by atomic mass is 10.2. The van der Waals surface area contributed by atoms with Crippen molar-refractivity contribution in [2.45, 2.75) is 18.9 Å². The van der Waals surface area contributed by atoms with E-state index < -0.39 is 0 Å². The van der Waals surface area contributed by atoms with E-state index in [1.807, 2.05) is 37.2 Å². The molecule has 0 bridgehead atoms. The normalized spacial score (nSPS) is 19.3. The van der Waals surface area contributed by atoms with Gasteiger partial charge in [0.15, 0.2) is 0 Å². The Morgan fingerprint density at radius 3 is 2.94 bits per heavy atom. The molecule has 1 heterocycles. The van der Waals surface area contributed by atoms with Crippen LogP contribution in [0.25, 0.3) is 0 Å². The maximum Gasteiger partial charge on any atom is 0.144 e. The molecule has 1 aromatic carbocycles. The van der Waals surface area contributed by atoms with Crippen LogP contribution in [0.3, 0.4) is 0 Å². The summed E-state index contributed by atoms with van der Waals surface area (Å²) in [6, 6.07) is 5.82. The monoisotopic (exact) mass is 236 g/mol. The Labute approximate surface area is 102 Å². The predicted octanol–water partition coefficient (Wildman–Crippen LogP) is 1.89. The predicted molar refractivity (Wildman–Crippen MR) is 69.7 cm³/mol. The highest BCUT2D eigenvalue weighted by Gasteiger charge is 2.16. The molecule has 0 aliphatic carbocycles. The number of hydrogen-bond donors (Lipinski definition) is 1. The highest BCUT2D eigenvalue weighted by Crippen LogP contribution is 2.27. The molecule has 1 aromatic rings. The van der Waals surface area contributed by atoms with E-state index in [9.17, 15) is 0 Å². The van der Waals surface area contributed by atoms with Crippen molar-refractivity contribution in [2.75, 3.05) is 37.9 Å². The molecule has 1 aliphatic rings. The molecule has 0 radical (unpaired) electrons. The molecule has 2 rings (SSSR count). The van der Waals surface area contributed by atoms with Crippen LogP contribution in [0.2, 0.25) is 0 Å². The van der Waals surface area contributed by atoms with Crippen molar-refractivity contribution in [2.24, 2.45) is 0 Å². The minimum Gasteiger partial charge on any atom is -0.489 e. The average molecular weight is 236 g/mol. The first-order valence-electron chi connectivity index (χ1n) is 5.98. The second-order valence-corrected chi connectivity index (χ2v) is 4.56. The van der Waals surface area contributed by atoms with Crippen LogP contribution in [-0.2, 0) is 4.74 Å². The van der Waals surface area contributed by atoms with Crippen LogP contribution >= 0.6 is 0 Å². The summed E-state index contributed by atoms with van der Waals surface area (Å²) in [5, 5.41) is 0. The zero-order valence-electron chi connectivity index (χ0n) is 10.5. The maximum absolute atomic E-state index is 5.89.